The lowest BCUT2D eigenvalue weighted by atomic mass is 9.96. The quantitative estimate of drug-likeness (QED) is 0.910. The van der Waals surface area contributed by atoms with Gasteiger partial charge in [-0.1, -0.05) is 24.4 Å². The van der Waals surface area contributed by atoms with Crippen LogP contribution in [0.2, 0.25) is 0 Å². The molecular weight excluding hydrogens is 252 g/mol. The zero-order valence-electron chi connectivity index (χ0n) is 12.0. The summed E-state index contributed by atoms with van der Waals surface area (Å²) in [5, 5.41) is 12.0. The van der Waals surface area contributed by atoms with Gasteiger partial charge in [0.2, 0.25) is 0 Å². The number of nitrogens with one attached hydrogen (secondary N) is 1. The highest BCUT2D eigenvalue weighted by molar-refractivity contribution is 5.04. The maximum atomic E-state index is 5.04. The second-order valence-electron chi connectivity index (χ2n) is 5.61. The minimum Gasteiger partial charge on any atom is -0.361 e. The van der Waals surface area contributed by atoms with Crippen molar-refractivity contribution in [3.05, 3.63) is 35.5 Å². The fraction of sp³-hybridized carbons (Fsp3) is 0.600. The van der Waals surface area contributed by atoms with Crippen molar-refractivity contribution in [3.8, 4) is 0 Å². The summed E-state index contributed by atoms with van der Waals surface area (Å²) in [5.41, 5.74) is 2.03. The van der Waals surface area contributed by atoms with E-state index in [1.54, 1.807) is 0 Å². The molecule has 2 heterocycles. The summed E-state index contributed by atoms with van der Waals surface area (Å²) in [4.78, 5) is 0. The molecule has 0 aromatic carbocycles. The maximum Gasteiger partial charge on any atom is 0.133 e. The van der Waals surface area contributed by atoms with Gasteiger partial charge in [0.1, 0.15) is 5.76 Å². The summed E-state index contributed by atoms with van der Waals surface area (Å²) in [5.74, 6) is 0.850. The van der Waals surface area contributed by atoms with Crippen LogP contribution in [-0.4, -0.2) is 14.9 Å². The first kappa shape index (κ1) is 13.4. The lowest BCUT2D eigenvalue weighted by Gasteiger charge is -2.21. The van der Waals surface area contributed by atoms with Gasteiger partial charge in [0.25, 0.3) is 0 Å². The summed E-state index contributed by atoms with van der Waals surface area (Å²) < 4.78 is 7.19. The second kappa shape index (κ2) is 6.22. The molecule has 0 bridgehead atoms. The molecule has 1 aliphatic carbocycles. The third-order valence-electron chi connectivity index (χ3n) is 3.90. The predicted molar refractivity (Wildman–Crippen MR) is 76.1 cm³/mol. The van der Waals surface area contributed by atoms with E-state index in [1.807, 2.05) is 13.0 Å². The van der Waals surface area contributed by atoms with Gasteiger partial charge in [0.15, 0.2) is 0 Å². The van der Waals surface area contributed by atoms with Crippen LogP contribution in [0, 0.1) is 6.92 Å². The topological polar surface area (TPSA) is 55.9 Å². The minimum absolute atomic E-state index is 0.607. The van der Waals surface area contributed by atoms with Gasteiger partial charge < -0.3 is 9.84 Å². The molecule has 5 nitrogen and oxygen atoms in total. The molecule has 1 saturated carbocycles. The zero-order chi connectivity index (χ0) is 13.8. The van der Waals surface area contributed by atoms with E-state index >= 15 is 0 Å². The van der Waals surface area contributed by atoms with E-state index in [0.717, 1.165) is 23.7 Å². The molecule has 108 valence electrons. The highest BCUT2D eigenvalue weighted by atomic mass is 16.5. The SMILES string of the molecule is Cc1cc(CNCc2ccn(C3CCCCC3)n2)no1. The Morgan fingerprint density at radius 1 is 1.25 bits per heavy atom. The fourth-order valence-electron chi connectivity index (χ4n) is 2.84. The normalized spacial score (nSPS) is 16.6. The minimum atomic E-state index is 0.607. The van der Waals surface area contributed by atoms with Gasteiger partial charge in [0, 0.05) is 25.4 Å². The first-order valence-corrected chi connectivity index (χ1v) is 7.48. The Morgan fingerprint density at radius 3 is 2.80 bits per heavy atom. The Hall–Kier alpha value is -1.62. The summed E-state index contributed by atoms with van der Waals surface area (Å²) in [6.07, 6.45) is 8.71. The fourth-order valence-corrected chi connectivity index (χ4v) is 2.84. The predicted octanol–water partition coefficient (Wildman–Crippen LogP) is 2.97. The lowest BCUT2D eigenvalue weighted by molar-refractivity contribution is 0.327. The Labute approximate surface area is 119 Å². The highest BCUT2D eigenvalue weighted by Crippen LogP contribution is 2.27. The molecule has 0 aliphatic heterocycles. The van der Waals surface area contributed by atoms with Crippen LogP contribution in [0.5, 0.6) is 0 Å². The van der Waals surface area contributed by atoms with Crippen molar-refractivity contribution >= 4 is 0 Å². The lowest BCUT2D eigenvalue weighted by Crippen LogP contribution is -2.16. The van der Waals surface area contributed by atoms with E-state index in [0.29, 0.717) is 12.6 Å². The van der Waals surface area contributed by atoms with Crippen molar-refractivity contribution in [3.63, 3.8) is 0 Å². The Morgan fingerprint density at radius 2 is 2.05 bits per heavy atom. The van der Waals surface area contributed by atoms with Gasteiger partial charge in [-0.2, -0.15) is 5.10 Å². The molecule has 0 saturated heterocycles. The Bertz CT molecular complexity index is 540. The van der Waals surface area contributed by atoms with E-state index < -0.39 is 0 Å². The van der Waals surface area contributed by atoms with E-state index in [9.17, 15) is 0 Å². The van der Waals surface area contributed by atoms with Crippen LogP contribution in [0.3, 0.4) is 0 Å². The number of nitrogens with zero attached hydrogens (tertiary/aromatic N) is 3. The maximum absolute atomic E-state index is 5.04. The van der Waals surface area contributed by atoms with Crippen LogP contribution >= 0.6 is 0 Å². The van der Waals surface area contributed by atoms with Crippen molar-refractivity contribution in [2.24, 2.45) is 0 Å². The Kier molecular flexibility index (Phi) is 4.16. The van der Waals surface area contributed by atoms with Crippen molar-refractivity contribution < 1.29 is 4.52 Å². The number of rotatable bonds is 5. The molecule has 0 atom stereocenters. The molecular formula is C15H22N4O. The average molecular weight is 274 g/mol. The molecule has 0 amide bonds. The number of aromatic nitrogens is 3. The molecule has 1 fully saturated rings. The van der Waals surface area contributed by atoms with E-state index in [4.69, 9.17) is 4.52 Å². The van der Waals surface area contributed by atoms with Crippen LogP contribution in [0.1, 0.15) is 55.3 Å². The average Bonchev–Trinajstić information content (AvgIpc) is 3.09. The summed E-state index contributed by atoms with van der Waals surface area (Å²) >= 11 is 0. The van der Waals surface area contributed by atoms with Crippen molar-refractivity contribution in [1.29, 1.82) is 0 Å². The summed E-state index contributed by atoms with van der Waals surface area (Å²) in [7, 11) is 0. The van der Waals surface area contributed by atoms with Gasteiger partial charge in [-0.3, -0.25) is 4.68 Å². The third-order valence-corrected chi connectivity index (χ3v) is 3.90. The van der Waals surface area contributed by atoms with Crippen LogP contribution in [-0.2, 0) is 13.1 Å². The van der Waals surface area contributed by atoms with Gasteiger partial charge in [-0.25, -0.2) is 0 Å². The summed E-state index contributed by atoms with van der Waals surface area (Å²) in [6, 6.07) is 4.67. The van der Waals surface area contributed by atoms with E-state index in [-0.39, 0.29) is 0 Å². The zero-order valence-corrected chi connectivity index (χ0v) is 12.0. The van der Waals surface area contributed by atoms with Gasteiger partial charge in [0.05, 0.1) is 17.4 Å². The molecule has 1 N–H and O–H groups in total. The molecule has 0 spiro atoms. The highest BCUT2D eigenvalue weighted by Gasteiger charge is 2.15. The Balaban J connectivity index is 1.49. The standard InChI is InChI=1S/C15H22N4O/c1-12-9-14(18-20-12)11-16-10-13-7-8-19(17-13)15-5-3-2-4-6-15/h7-9,15-16H,2-6,10-11H2,1H3. The molecule has 20 heavy (non-hydrogen) atoms. The second-order valence-corrected chi connectivity index (χ2v) is 5.61. The van der Waals surface area contributed by atoms with E-state index in [1.165, 1.54) is 32.1 Å². The largest absolute Gasteiger partial charge is 0.361 e. The molecule has 3 rings (SSSR count). The first-order valence-electron chi connectivity index (χ1n) is 7.48. The first-order chi connectivity index (χ1) is 9.81. The monoisotopic (exact) mass is 274 g/mol. The molecule has 2 aromatic rings. The molecule has 5 heteroatoms. The molecule has 2 aromatic heterocycles. The van der Waals surface area contributed by atoms with Crippen LogP contribution < -0.4 is 5.32 Å². The van der Waals surface area contributed by atoms with Crippen molar-refractivity contribution in [2.75, 3.05) is 0 Å². The van der Waals surface area contributed by atoms with Crippen molar-refractivity contribution in [1.82, 2.24) is 20.3 Å². The van der Waals surface area contributed by atoms with Gasteiger partial charge >= 0.3 is 0 Å². The van der Waals surface area contributed by atoms with E-state index in [2.05, 4.69) is 32.5 Å². The molecule has 0 unspecified atom stereocenters. The number of hydrogen-bond acceptors (Lipinski definition) is 4. The van der Waals surface area contributed by atoms with Crippen LogP contribution in [0.25, 0.3) is 0 Å². The number of aryl methyl sites for hydroxylation is 1. The van der Waals surface area contributed by atoms with Gasteiger partial charge in [-0.05, 0) is 25.8 Å². The van der Waals surface area contributed by atoms with Crippen LogP contribution in [0.15, 0.2) is 22.9 Å². The van der Waals surface area contributed by atoms with Crippen molar-refractivity contribution in [2.45, 2.75) is 58.2 Å². The summed E-state index contributed by atoms with van der Waals surface area (Å²) in [6.45, 7) is 3.39. The number of hydrogen-bond donors (Lipinski definition) is 1. The molecule has 0 radical (unpaired) electrons. The third kappa shape index (κ3) is 3.28. The van der Waals surface area contributed by atoms with Crippen LogP contribution in [0.4, 0.5) is 0 Å². The smallest absolute Gasteiger partial charge is 0.133 e. The van der Waals surface area contributed by atoms with Gasteiger partial charge in [-0.15, -0.1) is 0 Å². The molecule has 1 aliphatic rings.